The Labute approximate surface area is 114 Å². The number of benzene rings is 1. The van der Waals surface area contributed by atoms with Gasteiger partial charge in [-0.1, -0.05) is 31.5 Å². The fourth-order valence-corrected chi connectivity index (χ4v) is 2.44. The molecule has 0 aliphatic carbocycles. The van der Waals surface area contributed by atoms with Crippen molar-refractivity contribution in [2.75, 3.05) is 23.7 Å². The first-order valence-electron chi connectivity index (χ1n) is 6.24. The summed E-state index contributed by atoms with van der Waals surface area (Å²) in [5, 5.41) is 2.71. The first kappa shape index (κ1) is 15.5. The third-order valence-corrected chi connectivity index (χ3v) is 3.72. The highest BCUT2D eigenvalue weighted by Gasteiger charge is 2.20. The van der Waals surface area contributed by atoms with E-state index in [1.807, 2.05) is 6.92 Å². The van der Waals surface area contributed by atoms with E-state index < -0.39 is 10.0 Å². The molecule has 0 fully saturated rings. The van der Waals surface area contributed by atoms with E-state index in [9.17, 15) is 13.2 Å². The van der Waals surface area contributed by atoms with Gasteiger partial charge in [0.15, 0.2) is 0 Å². The van der Waals surface area contributed by atoms with Gasteiger partial charge in [-0.3, -0.25) is 9.10 Å². The Bertz CT molecular complexity index is 500. The Morgan fingerprint density at radius 2 is 1.89 bits per heavy atom. The van der Waals surface area contributed by atoms with Crippen LogP contribution in [0, 0.1) is 0 Å². The lowest BCUT2D eigenvalue weighted by Crippen LogP contribution is -2.40. The number of nitrogens with one attached hydrogen (secondary N) is 1. The van der Waals surface area contributed by atoms with Gasteiger partial charge in [0.25, 0.3) is 0 Å². The van der Waals surface area contributed by atoms with Gasteiger partial charge in [0.1, 0.15) is 6.54 Å². The van der Waals surface area contributed by atoms with Crippen LogP contribution in [-0.4, -0.2) is 33.7 Å². The standard InChI is InChI=1S/C13H20N2O3S/c1-3-4-10-14-13(16)11-15(19(2,17)18)12-8-6-5-7-9-12/h5-9H,3-4,10-11H2,1-2H3,(H,14,16). The van der Waals surface area contributed by atoms with E-state index in [0.717, 1.165) is 23.4 Å². The van der Waals surface area contributed by atoms with Gasteiger partial charge in [0.2, 0.25) is 15.9 Å². The zero-order valence-electron chi connectivity index (χ0n) is 11.3. The van der Waals surface area contributed by atoms with Crippen LogP contribution in [0.5, 0.6) is 0 Å². The van der Waals surface area contributed by atoms with Crippen LogP contribution >= 0.6 is 0 Å². The summed E-state index contributed by atoms with van der Waals surface area (Å²) in [7, 11) is -3.47. The second-order valence-electron chi connectivity index (χ2n) is 4.31. The fraction of sp³-hybridized carbons (Fsp3) is 0.462. The molecule has 0 spiro atoms. The summed E-state index contributed by atoms with van der Waals surface area (Å²) < 4.78 is 24.6. The van der Waals surface area contributed by atoms with Crippen molar-refractivity contribution in [2.24, 2.45) is 0 Å². The average Bonchev–Trinajstić information content (AvgIpc) is 2.36. The number of para-hydroxylation sites is 1. The molecule has 0 radical (unpaired) electrons. The molecule has 0 bridgehead atoms. The Morgan fingerprint density at radius 1 is 1.26 bits per heavy atom. The van der Waals surface area contributed by atoms with Crippen molar-refractivity contribution in [1.29, 1.82) is 0 Å². The highest BCUT2D eigenvalue weighted by molar-refractivity contribution is 7.92. The molecule has 106 valence electrons. The fourth-order valence-electron chi connectivity index (χ4n) is 1.59. The molecule has 0 saturated heterocycles. The number of unbranched alkanes of at least 4 members (excludes halogenated alkanes) is 1. The van der Waals surface area contributed by atoms with Crippen LogP contribution in [0.25, 0.3) is 0 Å². The van der Waals surface area contributed by atoms with E-state index in [4.69, 9.17) is 0 Å². The topological polar surface area (TPSA) is 66.5 Å². The van der Waals surface area contributed by atoms with Crippen molar-refractivity contribution in [3.8, 4) is 0 Å². The van der Waals surface area contributed by atoms with Crippen LogP contribution in [0.1, 0.15) is 19.8 Å². The molecule has 5 nitrogen and oxygen atoms in total. The normalized spacial score (nSPS) is 11.1. The molecule has 1 N–H and O–H groups in total. The number of carbonyl (C=O) groups excluding carboxylic acids is 1. The smallest absolute Gasteiger partial charge is 0.240 e. The van der Waals surface area contributed by atoms with Crippen molar-refractivity contribution < 1.29 is 13.2 Å². The van der Waals surface area contributed by atoms with Gasteiger partial charge in [0, 0.05) is 6.54 Å². The second-order valence-corrected chi connectivity index (χ2v) is 6.22. The number of hydrogen-bond donors (Lipinski definition) is 1. The first-order valence-corrected chi connectivity index (χ1v) is 8.09. The van der Waals surface area contributed by atoms with Gasteiger partial charge in [-0.15, -0.1) is 0 Å². The molecule has 0 aromatic heterocycles. The quantitative estimate of drug-likeness (QED) is 0.769. The molecule has 0 atom stereocenters. The van der Waals surface area contributed by atoms with Crippen LogP contribution in [0.15, 0.2) is 30.3 Å². The summed E-state index contributed by atoms with van der Waals surface area (Å²) >= 11 is 0. The largest absolute Gasteiger partial charge is 0.355 e. The van der Waals surface area contributed by atoms with Crippen LogP contribution in [0.2, 0.25) is 0 Å². The molecule has 0 heterocycles. The van der Waals surface area contributed by atoms with E-state index in [0.29, 0.717) is 12.2 Å². The van der Waals surface area contributed by atoms with Gasteiger partial charge in [-0.25, -0.2) is 8.42 Å². The van der Waals surface area contributed by atoms with Crippen molar-refractivity contribution >= 4 is 21.6 Å². The highest BCUT2D eigenvalue weighted by Crippen LogP contribution is 2.15. The van der Waals surface area contributed by atoms with Gasteiger partial charge in [-0.05, 0) is 18.6 Å². The summed E-state index contributed by atoms with van der Waals surface area (Å²) in [4.78, 5) is 11.7. The van der Waals surface area contributed by atoms with Crippen molar-refractivity contribution in [3.63, 3.8) is 0 Å². The minimum absolute atomic E-state index is 0.188. The second kappa shape index (κ2) is 7.13. The van der Waals surface area contributed by atoms with Crippen LogP contribution in [-0.2, 0) is 14.8 Å². The minimum Gasteiger partial charge on any atom is -0.355 e. The van der Waals surface area contributed by atoms with Crippen LogP contribution in [0.4, 0.5) is 5.69 Å². The number of nitrogens with zero attached hydrogens (tertiary/aromatic N) is 1. The maximum atomic E-state index is 11.7. The molecule has 6 heteroatoms. The van der Waals surface area contributed by atoms with E-state index >= 15 is 0 Å². The first-order chi connectivity index (χ1) is 8.95. The minimum atomic E-state index is -3.47. The van der Waals surface area contributed by atoms with Gasteiger partial charge < -0.3 is 5.32 Å². The molecule has 0 unspecified atom stereocenters. The van der Waals surface area contributed by atoms with Gasteiger partial charge in [-0.2, -0.15) is 0 Å². The summed E-state index contributed by atoms with van der Waals surface area (Å²) in [5.41, 5.74) is 0.496. The molecule has 1 aromatic carbocycles. The van der Waals surface area contributed by atoms with Crippen molar-refractivity contribution in [1.82, 2.24) is 5.32 Å². The van der Waals surface area contributed by atoms with Gasteiger partial charge >= 0.3 is 0 Å². The number of hydrogen-bond acceptors (Lipinski definition) is 3. The number of rotatable bonds is 7. The number of sulfonamides is 1. The summed E-state index contributed by atoms with van der Waals surface area (Å²) in [5.74, 6) is -0.289. The summed E-state index contributed by atoms with van der Waals surface area (Å²) in [6.07, 6.45) is 2.96. The monoisotopic (exact) mass is 284 g/mol. The maximum absolute atomic E-state index is 11.7. The van der Waals surface area contributed by atoms with Gasteiger partial charge in [0.05, 0.1) is 11.9 Å². The van der Waals surface area contributed by atoms with Crippen molar-refractivity contribution in [3.05, 3.63) is 30.3 Å². The third-order valence-electron chi connectivity index (χ3n) is 2.58. The number of carbonyl (C=O) groups is 1. The lowest BCUT2D eigenvalue weighted by atomic mass is 10.3. The Balaban J connectivity index is 2.75. The lowest BCUT2D eigenvalue weighted by Gasteiger charge is -2.21. The van der Waals surface area contributed by atoms with E-state index in [-0.39, 0.29) is 12.5 Å². The molecule has 0 saturated carbocycles. The lowest BCUT2D eigenvalue weighted by molar-refractivity contribution is -0.119. The Hall–Kier alpha value is -1.56. The Morgan fingerprint density at radius 3 is 2.42 bits per heavy atom. The molecule has 1 rings (SSSR count). The van der Waals surface area contributed by atoms with E-state index in [2.05, 4.69) is 5.32 Å². The van der Waals surface area contributed by atoms with Crippen LogP contribution in [0.3, 0.4) is 0 Å². The van der Waals surface area contributed by atoms with Crippen molar-refractivity contribution in [2.45, 2.75) is 19.8 Å². The SMILES string of the molecule is CCCCNC(=O)CN(c1ccccc1)S(C)(=O)=O. The molecule has 0 aliphatic heterocycles. The maximum Gasteiger partial charge on any atom is 0.240 e. The van der Waals surface area contributed by atoms with Crippen LogP contribution < -0.4 is 9.62 Å². The number of amides is 1. The van der Waals surface area contributed by atoms with E-state index in [1.54, 1.807) is 30.3 Å². The number of anilines is 1. The average molecular weight is 284 g/mol. The predicted octanol–water partition coefficient (Wildman–Crippen LogP) is 1.37. The predicted molar refractivity (Wildman–Crippen MR) is 76.5 cm³/mol. The summed E-state index contributed by atoms with van der Waals surface area (Å²) in [6, 6.07) is 8.61. The zero-order chi connectivity index (χ0) is 14.3. The molecule has 0 aliphatic rings. The molecular weight excluding hydrogens is 264 g/mol. The molecule has 1 amide bonds. The molecular formula is C13H20N2O3S. The molecule has 1 aromatic rings. The molecule has 19 heavy (non-hydrogen) atoms. The highest BCUT2D eigenvalue weighted by atomic mass is 32.2. The Kier molecular flexibility index (Phi) is 5.82. The summed E-state index contributed by atoms with van der Waals surface area (Å²) in [6.45, 7) is 2.41. The zero-order valence-corrected chi connectivity index (χ0v) is 12.1. The van der Waals surface area contributed by atoms with E-state index in [1.165, 1.54) is 0 Å². The third kappa shape index (κ3) is 5.30.